The maximum absolute atomic E-state index is 13.4. The van der Waals surface area contributed by atoms with Gasteiger partial charge in [-0.2, -0.15) is 5.10 Å². The van der Waals surface area contributed by atoms with E-state index in [1.54, 1.807) is 29.9 Å². The van der Waals surface area contributed by atoms with Crippen LogP contribution < -0.4 is 14.4 Å². The molecule has 8 nitrogen and oxygen atoms in total. The van der Waals surface area contributed by atoms with Gasteiger partial charge in [-0.1, -0.05) is 11.3 Å². The van der Waals surface area contributed by atoms with Gasteiger partial charge >= 0.3 is 0 Å². The van der Waals surface area contributed by atoms with Crippen LogP contribution in [0.4, 0.5) is 5.13 Å². The second kappa shape index (κ2) is 8.00. The molecule has 29 heavy (non-hydrogen) atoms. The molecule has 0 N–H and O–H groups in total. The topological polar surface area (TPSA) is 78.7 Å². The fourth-order valence-electron chi connectivity index (χ4n) is 3.43. The number of ether oxygens (including phenoxy) is 3. The highest BCUT2D eigenvalue weighted by molar-refractivity contribution is 7.22. The van der Waals surface area contributed by atoms with Crippen molar-refractivity contribution in [1.82, 2.24) is 14.8 Å². The van der Waals surface area contributed by atoms with E-state index >= 15 is 0 Å². The monoisotopic (exact) mass is 416 g/mol. The van der Waals surface area contributed by atoms with E-state index in [2.05, 4.69) is 5.10 Å². The van der Waals surface area contributed by atoms with Gasteiger partial charge in [-0.25, -0.2) is 4.98 Å². The van der Waals surface area contributed by atoms with Crippen LogP contribution >= 0.6 is 11.3 Å². The van der Waals surface area contributed by atoms with E-state index in [0.717, 1.165) is 29.8 Å². The van der Waals surface area contributed by atoms with E-state index < -0.39 is 0 Å². The molecule has 1 aliphatic heterocycles. The normalized spacial score (nSPS) is 16.3. The third-order valence-corrected chi connectivity index (χ3v) is 6.21. The standard InChI is InChI=1S/C20H24N4O4S/c1-12-10-14(22-23(12)2)19(25)24(11-13-6-5-9-28-13)20-21-17-15(26-3)7-8-16(27-4)18(17)29-20/h7-8,10,13H,5-6,9,11H2,1-4H3/t13-/m0/s1. The molecule has 3 heterocycles. The van der Waals surface area contributed by atoms with Gasteiger partial charge in [0.2, 0.25) is 0 Å². The first-order valence-corrected chi connectivity index (χ1v) is 10.3. The molecule has 0 spiro atoms. The van der Waals surface area contributed by atoms with Crippen molar-refractivity contribution in [2.75, 3.05) is 32.3 Å². The van der Waals surface area contributed by atoms with Gasteiger partial charge in [-0.05, 0) is 38.0 Å². The van der Waals surface area contributed by atoms with Gasteiger partial charge in [0.15, 0.2) is 10.8 Å². The van der Waals surface area contributed by atoms with Gasteiger partial charge in [-0.15, -0.1) is 0 Å². The Morgan fingerprint density at radius 3 is 2.72 bits per heavy atom. The molecule has 1 atom stereocenters. The van der Waals surface area contributed by atoms with Gasteiger partial charge in [0.1, 0.15) is 21.7 Å². The van der Waals surface area contributed by atoms with Crippen molar-refractivity contribution in [1.29, 1.82) is 0 Å². The second-order valence-electron chi connectivity index (χ2n) is 6.99. The van der Waals surface area contributed by atoms with Crippen LogP contribution in [-0.4, -0.2) is 54.1 Å². The zero-order chi connectivity index (χ0) is 20.5. The van der Waals surface area contributed by atoms with Crippen molar-refractivity contribution in [3.63, 3.8) is 0 Å². The Morgan fingerprint density at radius 2 is 2.10 bits per heavy atom. The Labute approximate surface area is 173 Å². The number of rotatable bonds is 6. The van der Waals surface area contributed by atoms with E-state index in [-0.39, 0.29) is 12.0 Å². The van der Waals surface area contributed by atoms with Crippen LogP contribution in [0.3, 0.4) is 0 Å². The number of carbonyl (C=O) groups excluding carboxylic acids is 1. The summed E-state index contributed by atoms with van der Waals surface area (Å²) in [5.74, 6) is 1.14. The number of fused-ring (bicyclic) bond motifs is 1. The molecule has 1 aromatic carbocycles. The van der Waals surface area contributed by atoms with E-state index in [0.29, 0.717) is 34.4 Å². The third kappa shape index (κ3) is 3.67. The summed E-state index contributed by atoms with van der Waals surface area (Å²) in [6.45, 7) is 3.07. The predicted molar refractivity (Wildman–Crippen MR) is 111 cm³/mol. The molecule has 1 aliphatic rings. The number of carbonyl (C=O) groups is 1. The van der Waals surface area contributed by atoms with Crippen molar-refractivity contribution in [2.24, 2.45) is 7.05 Å². The van der Waals surface area contributed by atoms with Gasteiger partial charge in [-0.3, -0.25) is 14.4 Å². The summed E-state index contributed by atoms with van der Waals surface area (Å²) >= 11 is 1.40. The molecule has 0 aliphatic carbocycles. The summed E-state index contributed by atoms with van der Waals surface area (Å²) in [6, 6.07) is 5.45. The van der Waals surface area contributed by atoms with Crippen LogP contribution in [0.15, 0.2) is 18.2 Å². The van der Waals surface area contributed by atoms with Crippen molar-refractivity contribution < 1.29 is 19.0 Å². The molecule has 4 rings (SSSR count). The Hall–Kier alpha value is -2.65. The summed E-state index contributed by atoms with van der Waals surface area (Å²) in [5, 5.41) is 4.94. The van der Waals surface area contributed by atoms with Crippen LogP contribution in [0.5, 0.6) is 11.5 Å². The lowest BCUT2D eigenvalue weighted by Gasteiger charge is -2.22. The Balaban J connectivity index is 1.78. The van der Waals surface area contributed by atoms with E-state index in [1.165, 1.54) is 11.3 Å². The number of amides is 1. The first-order chi connectivity index (χ1) is 14.0. The largest absolute Gasteiger partial charge is 0.495 e. The van der Waals surface area contributed by atoms with E-state index in [1.807, 2.05) is 26.1 Å². The predicted octanol–water partition coefficient (Wildman–Crippen LogP) is 3.18. The highest BCUT2D eigenvalue weighted by Gasteiger charge is 2.29. The number of anilines is 1. The minimum Gasteiger partial charge on any atom is -0.495 e. The average Bonchev–Trinajstić information content (AvgIpc) is 3.45. The molecule has 9 heteroatoms. The van der Waals surface area contributed by atoms with Crippen LogP contribution in [-0.2, 0) is 11.8 Å². The molecule has 0 bridgehead atoms. The molecular formula is C20H24N4O4S. The molecule has 1 fully saturated rings. The molecule has 0 radical (unpaired) electrons. The molecule has 154 valence electrons. The SMILES string of the molecule is COc1ccc(OC)c2sc(N(C[C@@H]3CCCO3)C(=O)c3cc(C)n(C)n3)nc12. The van der Waals surface area contributed by atoms with Gasteiger partial charge in [0.25, 0.3) is 5.91 Å². The highest BCUT2D eigenvalue weighted by atomic mass is 32.1. The number of benzene rings is 1. The maximum Gasteiger partial charge on any atom is 0.280 e. The van der Waals surface area contributed by atoms with Crippen LogP contribution in [0.2, 0.25) is 0 Å². The number of thiazole rings is 1. The Bertz CT molecular complexity index is 978. The van der Waals surface area contributed by atoms with Gasteiger partial charge in [0.05, 0.1) is 26.9 Å². The lowest BCUT2D eigenvalue weighted by Crippen LogP contribution is -2.37. The lowest BCUT2D eigenvalue weighted by atomic mass is 10.2. The second-order valence-corrected chi connectivity index (χ2v) is 7.97. The highest BCUT2D eigenvalue weighted by Crippen LogP contribution is 2.40. The summed E-state index contributed by atoms with van der Waals surface area (Å²) in [6.07, 6.45) is 1.90. The summed E-state index contributed by atoms with van der Waals surface area (Å²) in [4.78, 5) is 19.8. The summed E-state index contributed by atoms with van der Waals surface area (Å²) in [7, 11) is 5.04. The number of aromatic nitrogens is 3. The fraction of sp³-hybridized carbons (Fsp3) is 0.450. The number of methoxy groups -OCH3 is 2. The molecule has 2 aromatic heterocycles. The number of hydrogen-bond acceptors (Lipinski definition) is 7. The number of nitrogens with zero attached hydrogens (tertiary/aromatic N) is 4. The molecule has 0 unspecified atom stereocenters. The quantitative estimate of drug-likeness (QED) is 0.614. The van der Waals surface area contributed by atoms with Crippen molar-refractivity contribution in [3.05, 3.63) is 29.6 Å². The molecule has 0 saturated carbocycles. The molecule has 3 aromatic rings. The van der Waals surface area contributed by atoms with Crippen molar-refractivity contribution >= 4 is 32.6 Å². The van der Waals surface area contributed by atoms with E-state index in [9.17, 15) is 4.79 Å². The summed E-state index contributed by atoms with van der Waals surface area (Å²) < 4.78 is 19.3. The van der Waals surface area contributed by atoms with Gasteiger partial charge in [0, 0.05) is 19.3 Å². The maximum atomic E-state index is 13.4. The molecule has 1 amide bonds. The lowest BCUT2D eigenvalue weighted by molar-refractivity contribution is 0.0913. The molecular weight excluding hydrogens is 392 g/mol. The van der Waals surface area contributed by atoms with Gasteiger partial charge < -0.3 is 14.2 Å². The van der Waals surface area contributed by atoms with Crippen molar-refractivity contribution in [3.8, 4) is 11.5 Å². The smallest absolute Gasteiger partial charge is 0.280 e. The minimum atomic E-state index is -0.193. The number of hydrogen-bond donors (Lipinski definition) is 0. The number of aryl methyl sites for hydroxylation is 2. The Kier molecular flexibility index (Phi) is 5.42. The first-order valence-electron chi connectivity index (χ1n) is 9.47. The van der Waals surface area contributed by atoms with Crippen molar-refractivity contribution in [2.45, 2.75) is 25.9 Å². The average molecular weight is 417 g/mol. The Morgan fingerprint density at radius 1 is 1.34 bits per heavy atom. The fourth-order valence-corrected chi connectivity index (χ4v) is 4.52. The van der Waals surface area contributed by atoms with E-state index in [4.69, 9.17) is 19.2 Å². The summed E-state index contributed by atoms with van der Waals surface area (Å²) in [5.41, 5.74) is 1.98. The van der Waals surface area contributed by atoms with Crippen LogP contribution in [0.1, 0.15) is 29.0 Å². The minimum absolute atomic E-state index is 0.0143. The zero-order valence-corrected chi connectivity index (χ0v) is 17.8. The zero-order valence-electron chi connectivity index (χ0n) is 17.0. The molecule has 1 saturated heterocycles. The van der Waals surface area contributed by atoms with Crippen LogP contribution in [0.25, 0.3) is 10.2 Å². The van der Waals surface area contributed by atoms with Crippen LogP contribution in [0, 0.1) is 6.92 Å². The first kappa shape index (κ1) is 19.7. The third-order valence-electron chi connectivity index (χ3n) is 5.12.